The van der Waals surface area contributed by atoms with E-state index in [1.165, 1.54) is 19.3 Å². The van der Waals surface area contributed by atoms with E-state index in [-0.39, 0.29) is 0 Å². The van der Waals surface area contributed by atoms with Crippen molar-refractivity contribution in [1.82, 2.24) is 15.0 Å². The summed E-state index contributed by atoms with van der Waals surface area (Å²) in [6.45, 7) is 0. The molecule has 1 aliphatic rings. The fraction of sp³-hybridized carbons (Fsp3) is 0.400. The summed E-state index contributed by atoms with van der Waals surface area (Å²) in [5.74, 6) is 0. The maximum Gasteiger partial charge on any atom is 0.114 e. The number of hydrogen-bond donors (Lipinski definition) is 0. The standard InChI is InChI=1S/C10H10BrN3/c11-7-4-5-10-9(6-7)12-13-14(10)8-2-1-3-8/h4-6,8H,1-3H2. The largest absolute Gasteiger partial charge is 0.242 e. The Morgan fingerprint density at radius 3 is 2.93 bits per heavy atom. The number of halogens is 1. The molecule has 2 aromatic rings. The van der Waals surface area contributed by atoms with E-state index in [4.69, 9.17) is 0 Å². The molecule has 0 amide bonds. The van der Waals surface area contributed by atoms with Gasteiger partial charge in [-0.25, -0.2) is 4.68 Å². The van der Waals surface area contributed by atoms with E-state index in [9.17, 15) is 0 Å². The SMILES string of the molecule is Brc1ccc2c(c1)nnn2C1CCC1. The van der Waals surface area contributed by atoms with Gasteiger partial charge in [0.15, 0.2) is 0 Å². The molecule has 0 radical (unpaired) electrons. The van der Waals surface area contributed by atoms with Gasteiger partial charge in [-0.3, -0.25) is 0 Å². The third-order valence-corrected chi connectivity index (χ3v) is 3.35. The number of rotatable bonds is 1. The molecule has 1 aliphatic carbocycles. The topological polar surface area (TPSA) is 30.7 Å². The van der Waals surface area contributed by atoms with Crippen LogP contribution in [-0.4, -0.2) is 15.0 Å². The molecule has 0 bridgehead atoms. The van der Waals surface area contributed by atoms with Crippen LogP contribution in [0.1, 0.15) is 25.3 Å². The van der Waals surface area contributed by atoms with E-state index in [1.54, 1.807) is 0 Å². The Bertz CT molecular complexity index is 473. The summed E-state index contributed by atoms with van der Waals surface area (Å²) >= 11 is 3.43. The molecule has 0 N–H and O–H groups in total. The Morgan fingerprint density at radius 1 is 1.36 bits per heavy atom. The Hall–Kier alpha value is -0.900. The lowest BCUT2D eigenvalue weighted by atomic mass is 9.93. The maximum atomic E-state index is 4.20. The maximum absolute atomic E-state index is 4.20. The van der Waals surface area contributed by atoms with Crippen molar-refractivity contribution >= 4 is 27.0 Å². The number of benzene rings is 1. The predicted molar refractivity (Wildman–Crippen MR) is 58.1 cm³/mol. The van der Waals surface area contributed by atoms with Crippen molar-refractivity contribution in [2.75, 3.05) is 0 Å². The minimum Gasteiger partial charge on any atom is -0.242 e. The number of hydrogen-bond acceptors (Lipinski definition) is 2. The Balaban J connectivity index is 2.16. The van der Waals surface area contributed by atoms with Gasteiger partial charge < -0.3 is 0 Å². The van der Waals surface area contributed by atoms with Crippen LogP contribution in [-0.2, 0) is 0 Å². The van der Waals surface area contributed by atoms with Gasteiger partial charge in [0.1, 0.15) is 5.52 Å². The second-order valence-corrected chi connectivity index (χ2v) is 4.67. The van der Waals surface area contributed by atoms with Crippen LogP contribution in [0.15, 0.2) is 22.7 Å². The fourth-order valence-corrected chi connectivity index (χ4v) is 2.16. The highest BCUT2D eigenvalue weighted by atomic mass is 79.9. The molecule has 1 aromatic carbocycles. The number of aromatic nitrogens is 3. The highest BCUT2D eigenvalue weighted by Gasteiger charge is 2.22. The average molecular weight is 252 g/mol. The molecule has 0 saturated heterocycles. The van der Waals surface area contributed by atoms with E-state index >= 15 is 0 Å². The molecule has 3 rings (SSSR count). The van der Waals surface area contributed by atoms with Crippen molar-refractivity contribution in [1.29, 1.82) is 0 Å². The van der Waals surface area contributed by atoms with Crippen LogP contribution in [0.25, 0.3) is 11.0 Å². The monoisotopic (exact) mass is 251 g/mol. The molecule has 1 aromatic heterocycles. The first kappa shape index (κ1) is 8.41. The Labute approximate surface area is 90.2 Å². The molecule has 1 saturated carbocycles. The molecule has 0 atom stereocenters. The van der Waals surface area contributed by atoms with Crippen LogP contribution >= 0.6 is 15.9 Å². The first-order valence-corrected chi connectivity index (χ1v) is 5.64. The molecular weight excluding hydrogens is 242 g/mol. The lowest BCUT2D eigenvalue weighted by Crippen LogP contribution is -2.17. The van der Waals surface area contributed by atoms with Crippen LogP contribution in [0, 0.1) is 0 Å². The zero-order valence-electron chi connectivity index (χ0n) is 7.65. The summed E-state index contributed by atoms with van der Waals surface area (Å²) < 4.78 is 3.12. The third kappa shape index (κ3) is 1.17. The van der Waals surface area contributed by atoms with Crippen molar-refractivity contribution in [2.24, 2.45) is 0 Å². The average Bonchev–Trinajstić information content (AvgIpc) is 2.45. The van der Waals surface area contributed by atoms with E-state index in [1.807, 2.05) is 12.1 Å². The van der Waals surface area contributed by atoms with Crippen molar-refractivity contribution in [3.05, 3.63) is 22.7 Å². The molecule has 0 unspecified atom stereocenters. The number of fused-ring (bicyclic) bond motifs is 1. The van der Waals surface area contributed by atoms with Gasteiger partial charge in [-0.2, -0.15) is 0 Å². The van der Waals surface area contributed by atoms with Crippen molar-refractivity contribution in [3.8, 4) is 0 Å². The van der Waals surface area contributed by atoms with Gasteiger partial charge in [-0.15, -0.1) is 5.10 Å². The van der Waals surface area contributed by atoms with Crippen molar-refractivity contribution in [2.45, 2.75) is 25.3 Å². The summed E-state index contributed by atoms with van der Waals surface area (Å²) in [4.78, 5) is 0. The summed E-state index contributed by atoms with van der Waals surface area (Å²) in [6, 6.07) is 6.72. The van der Waals surface area contributed by atoms with E-state index < -0.39 is 0 Å². The highest BCUT2D eigenvalue weighted by Crippen LogP contribution is 2.33. The first-order chi connectivity index (χ1) is 6.84. The van der Waals surface area contributed by atoms with Crippen molar-refractivity contribution < 1.29 is 0 Å². The van der Waals surface area contributed by atoms with Gasteiger partial charge in [-0.1, -0.05) is 21.1 Å². The summed E-state index contributed by atoms with van der Waals surface area (Å²) in [7, 11) is 0. The van der Waals surface area contributed by atoms with Crippen LogP contribution in [0.5, 0.6) is 0 Å². The van der Waals surface area contributed by atoms with Gasteiger partial charge in [0.05, 0.1) is 11.6 Å². The summed E-state index contributed by atoms with van der Waals surface area (Å²) in [5.41, 5.74) is 2.13. The van der Waals surface area contributed by atoms with Gasteiger partial charge in [-0.05, 0) is 37.5 Å². The van der Waals surface area contributed by atoms with Gasteiger partial charge >= 0.3 is 0 Å². The molecule has 14 heavy (non-hydrogen) atoms. The lowest BCUT2D eigenvalue weighted by Gasteiger charge is -2.25. The minimum absolute atomic E-state index is 0.584. The van der Waals surface area contributed by atoms with Gasteiger partial charge in [0.25, 0.3) is 0 Å². The normalized spacial score (nSPS) is 17.2. The predicted octanol–water partition coefficient (Wildman–Crippen LogP) is 2.92. The van der Waals surface area contributed by atoms with E-state index in [2.05, 4.69) is 37.0 Å². The second kappa shape index (κ2) is 3.05. The van der Waals surface area contributed by atoms with Crippen LogP contribution in [0.4, 0.5) is 0 Å². The zero-order chi connectivity index (χ0) is 9.54. The molecule has 4 heteroatoms. The Kier molecular flexibility index (Phi) is 1.83. The fourth-order valence-electron chi connectivity index (χ4n) is 1.82. The van der Waals surface area contributed by atoms with Crippen LogP contribution < -0.4 is 0 Å². The molecule has 0 spiro atoms. The third-order valence-electron chi connectivity index (χ3n) is 2.85. The smallest absolute Gasteiger partial charge is 0.114 e. The van der Waals surface area contributed by atoms with Gasteiger partial charge in [0, 0.05) is 4.47 Å². The van der Waals surface area contributed by atoms with Crippen molar-refractivity contribution in [3.63, 3.8) is 0 Å². The zero-order valence-corrected chi connectivity index (χ0v) is 9.24. The summed E-state index contributed by atoms with van der Waals surface area (Å²) in [6.07, 6.45) is 3.81. The molecular formula is C10H10BrN3. The quantitative estimate of drug-likeness (QED) is 0.781. The second-order valence-electron chi connectivity index (χ2n) is 3.75. The Morgan fingerprint density at radius 2 is 2.21 bits per heavy atom. The van der Waals surface area contributed by atoms with E-state index in [0.29, 0.717) is 6.04 Å². The first-order valence-electron chi connectivity index (χ1n) is 4.85. The molecule has 1 heterocycles. The van der Waals surface area contributed by atoms with Crippen LogP contribution in [0.2, 0.25) is 0 Å². The van der Waals surface area contributed by atoms with Crippen LogP contribution in [0.3, 0.4) is 0 Å². The van der Waals surface area contributed by atoms with Gasteiger partial charge in [0.2, 0.25) is 0 Å². The summed E-state index contributed by atoms with van der Waals surface area (Å²) in [5, 5.41) is 8.37. The molecule has 3 nitrogen and oxygen atoms in total. The molecule has 72 valence electrons. The molecule has 0 aliphatic heterocycles. The van der Waals surface area contributed by atoms with E-state index in [0.717, 1.165) is 15.5 Å². The number of nitrogens with zero attached hydrogens (tertiary/aromatic N) is 3. The molecule has 1 fully saturated rings. The minimum atomic E-state index is 0.584. The highest BCUT2D eigenvalue weighted by molar-refractivity contribution is 9.10. The lowest BCUT2D eigenvalue weighted by molar-refractivity contribution is 0.292.